The predicted molar refractivity (Wildman–Crippen MR) is 138 cm³/mol. The van der Waals surface area contributed by atoms with Gasteiger partial charge in [-0.3, -0.25) is 14.7 Å². The molecule has 2 aromatic carbocycles. The molecule has 36 heavy (non-hydrogen) atoms. The third-order valence-corrected chi connectivity index (χ3v) is 6.41. The summed E-state index contributed by atoms with van der Waals surface area (Å²) in [4.78, 5) is 22.2. The largest absolute Gasteiger partial charge is 0.493 e. The molecule has 0 aliphatic carbocycles. The Morgan fingerprint density at radius 1 is 0.917 bits per heavy atom. The maximum Gasteiger partial charge on any atom is 0.257 e. The van der Waals surface area contributed by atoms with Gasteiger partial charge in [0, 0.05) is 56.9 Å². The summed E-state index contributed by atoms with van der Waals surface area (Å²) in [6.45, 7) is 3.66. The number of para-hydroxylation sites is 1. The minimum atomic E-state index is -0.0122. The molecular weight excluding hydrogens is 454 g/mol. The number of hydrogen-bond acceptors (Lipinski definition) is 6. The van der Waals surface area contributed by atoms with E-state index in [0.717, 1.165) is 47.9 Å². The molecule has 0 saturated carbocycles. The van der Waals surface area contributed by atoms with Crippen molar-refractivity contribution in [3.63, 3.8) is 0 Å². The average Bonchev–Trinajstić information content (AvgIpc) is 3.40. The molecular formula is C28H29N5O3. The number of aromatic nitrogens is 3. The molecule has 0 bridgehead atoms. The van der Waals surface area contributed by atoms with E-state index in [1.54, 1.807) is 31.3 Å². The van der Waals surface area contributed by atoms with E-state index < -0.39 is 0 Å². The van der Waals surface area contributed by atoms with E-state index in [0.29, 0.717) is 24.3 Å². The van der Waals surface area contributed by atoms with Crippen molar-refractivity contribution < 1.29 is 14.3 Å². The number of benzene rings is 2. The highest BCUT2D eigenvalue weighted by Gasteiger charge is 2.27. The Hall–Kier alpha value is -4.17. The summed E-state index contributed by atoms with van der Waals surface area (Å²) in [6.07, 6.45) is 5.29. The van der Waals surface area contributed by atoms with Crippen molar-refractivity contribution in [2.75, 3.05) is 40.4 Å². The zero-order chi connectivity index (χ0) is 24.9. The van der Waals surface area contributed by atoms with Crippen LogP contribution in [-0.2, 0) is 6.54 Å². The highest BCUT2D eigenvalue weighted by Crippen LogP contribution is 2.29. The Balaban J connectivity index is 1.32. The van der Waals surface area contributed by atoms with E-state index in [1.165, 1.54) is 0 Å². The number of nitrogens with zero attached hydrogens (tertiary/aromatic N) is 5. The molecule has 8 heteroatoms. The standard InChI is InChI=1S/C28H29N5O3/c1-35-25-11-10-21(17-26(25)36-2)19-31-13-15-32(16-14-31)28(34)24-20-33(23-8-4-3-5-9-23)30-27(24)22-7-6-12-29-18-22/h3-12,17-18,20H,13-16,19H2,1-2H3. The lowest BCUT2D eigenvalue weighted by atomic mass is 10.1. The van der Waals surface area contributed by atoms with E-state index in [1.807, 2.05) is 65.7 Å². The molecule has 0 unspecified atom stereocenters. The van der Waals surface area contributed by atoms with Gasteiger partial charge in [0.1, 0.15) is 5.69 Å². The van der Waals surface area contributed by atoms with Gasteiger partial charge >= 0.3 is 0 Å². The number of amides is 1. The summed E-state index contributed by atoms with van der Waals surface area (Å²) >= 11 is 0. The van der Waals surface area contributed by atoms with Gasteiger partial charge in [-0.1, -0.05) is 24.3 Å². The fourth-order valence-electron chi connectivity index (χ4n) is 4.48. The maximum absolute atomic E-state index is 13.7. The molecule has 0 radical (unpaired) electrons. The first kappa shape index (κ1) is 23.6. The van der Waals surface area contributed by atoms with Crippen LogP contribution in [0.4, 0.5) is 0 Å². The number of piperazine rings is 1. The molecule has 1 aliphatic rings. The number of carbonyl (C=O) groups is 1. The molecule has 1 fully saturated rings. The molecule has 1 aliphatic heterocycles. The summed E-state index contributed by atoms with van der Waals surface area (Å²) in [7, 11) is 3.28. The van der Waals surface area contributed by atoms with Gasteiger partial charge in [-0.05, 0) is 42.0 Å². The summed E-state index contributed by atoms with van der Waals surface area (Å²) in [5.41, 5.74) is 4.10. The third kappa shape index (κ3) is 4.94. The van der Waals surface area contributed by atoms with Crippen LogP contribution in [0.15, 0.2) is 79.3 Å². The molecule has 3 heterocycles. The third-order valence-electron chi connectivity index (χ3n) is 6.41. The van der Waals surface area contributed by atoms with Gasteiger partial charge in [0.05, 0.1) is 25.5 Å². The van der Waals surface area contributed by atoms with Crippen molar-refractivity contribution in [2.24, 2.45) is 0 Å². The Morgan fingerprint density at radius 3 is 2.39 bits per heavy atom. The van der Waals surface area contributed by atoms with Gasteiger partial charge in [0.2, 0.25) is 0 Å². The molecule has 184 valence electrons. The lowest BCUT2D eigenvalue weighted by Gasteiger charge is -2.34. The summed E-state index contributed by atoms with van der Waals surface area (Å²) < 4.78 is 12.5. The maximum atomic E-state index is 13.7. The number of rotatable bonds is 7. The minimum Gasteiger partial charge on any atom is -0.493 e. The van der Waals surface area contributed by atoms with E-state index in [-0.39, 0.29) is 5.91 Å². The van der Waals surface area contributed by atoms with Crippen LogP contribution in [0.5, 0.6) is 11.5 Å². The van der Waals surface area contributed by atoms with Crippen molar-refractivity contribution in [1.29, 1.82) is 0 Å². The van der Waals surface area contributed by atoms with E-state index in [9.17, 15) is 4.79 Å². The smallest absolute Gasteiger partial charge is 0.257 e. The van der Waals surface area contributed by atoms with Gasteiger partial charge in [-0.25, -0.2) is 4.68 Å². The zero-order valence-electron chi connectivity index (χ0n) is 20.5. The molecule has 5 rings (SSSR count). The van der Waals surface area contributed by atoms with Gasteiger partial charge in [-0.15, -0.1) is 0 Å². The average molecular weight is 484 g/mol. The molecule has 8 nitrogen and oxygen atoms in total. The highest BCUT2D eigenvalue weighted by atomic mass is 16.5. The zero-order valence-corrected chi connectivity index (χ0v) is 20.5. The SMILES string of the molecule is COc1ccc(CN2CCN(C(=O)c3cn(-c4ccccc4)nc3-c3cccnc3)CC2)cc1OC. The first-order valence-electron chi connectivity index (χ1n) is 11.9. The molecule has 4 aromatic rings. The summed E-state index contributed by atoms with van der Waals surface area (Å²) in [5, 5.41) is 4.76. The van der Waals surface area contributed by atoms with Gasteiger partial charge < -0.3 is 14.4 Å². The van der Waals surface area contributed by atoms with Crippen LogP contribution in [0.1, 0.15) is 15.9 Å². The lowest BCUT2D eigenvalue weighted by molar-refractivity contribution is 0.0629. The first-order valence-corrected chi connectivity index (χ1v) is 11.9. The van der Waals surface area contributed by atoms with E-state index >= 15 is 0 Å². The molecule has 2 aromatic heterocycles. The second-order valence-electron chi connectivity index (χ2n) is 8.67. The minimum absolute atomic E-state index is 0.0122. The van der Waals surface area contributed by atoms with Crippen LogP contribution in [0, 0.1) is 0 Å². The first-order chi connectivity index (χ1) is 17.7. The van der Waals surface area contributed by atoms with Crippen molar-refractivity contribution in [3.8, 4) is 28.4 Å². The number of pyridine rings is 1. The van der Waals surface area contributed by atoms with Crippen LogP contribution in [0.25, 0.3) is 16.9 Å². The Labute approximate surface area is 210 Å². The monoisotopic (exact) mass is 483 g/mol. The molecule has 1 saturated heterocycles. The quantitative estimate of drug-likeness (QED) is 0.397. The Bertz CT molecular complexity index is 1320. The predicted octanol–water partition coefficient (Wildman–Crippen LogP) is 3.91. The Morgan fingerprint density at radius 2 is 1.69 bits per heavy atom. The summed E-state index contributed by atoms with van der Waals surface area (Å²) in [6, 6.07) is 19.6. The van der Waals surface area contributed by atoms with Crippen LogP contribution in [0.2, 0.25) is 0 Å². The number of ether oxygens (including phenoxy) is 2. The molecule has 0 atom stereocenters. The Kier molecular flexibility index (Phi) is 6.95. The van der Waals surface area contributed by atoms with Crippen LogP contribution >= 0.6 is 0 Å². The lowest BCUT2D eigenvalue weighted by Crippen LogP contribution is -2.48. The van der Waals surface area contributed by atoms with E-state index in [4.69, 9.17) is 14.6 Å². The van der Waals surface area contributed by atoms with Crippen LogP contribution in [-0.4, -0.2) is 70.9 Å². The van der Waals surface area contributed by atoms with Crippen LogP contribution < -0.4 is 9.47 Å². The number of hydrogen-bond donors (Lipinski definition) is 0. The van der Waals surface area contributed by atoms with Crippen molar-refractivity contribution in [3.05, 3.63) is 90.4 Å². The number of carbonyl (C=O) groups excluding carboxylic acids is 1. The second-order valence-corrected chi connectivity index (χ2v) is 8.67. The summed E-state index contributed by atoms with van der Waals surface area (Å²) in [5.74, 6) is 1.43. The number of methoxy groups -OCH3 is 2. The second kappa shape index (κ2) is 10.6. The highest BCUT2D eigenvalue weighted by molar-refractivity contribution is 6.00. The van der Waals surface area contributed by atoms with Gasteiger partial charge in [0.15, 0.2) is 11.5 Å². The topological polar surface area (TPSA) is 72.7 Å². The van der Waals surface area contributed by atoms with Gasteiger partial charge in [-0.2, -0.15) is 5.10 Å². The normalized spacial score (nSPS) is 14.0. The van der Waals surface area contributed by atoms with Crippen molar-refractivity contribution >= 4 is 5.91 Å². The molecule has 1 amide bonds. The van der Waals surface area contributed by atoms with Crippen molar-refractivity contribution in [2.45, 2.75) is 6.54 Å². The van der Waals surface area contributed by atoms with Crippen molar-refractivity contribution in [1.82, 2.24) is 24.6 Å². The van der Waals surface area contributed by atoms with Gasteiger partial charge in [0.25, 0.3) is 5.91 Å². The fraction of sp³-hybridized carbons (Fsp3) is 0.250. The fourth-order valence-corrected chi connectivity index (χ4v) is 4.48. The van der Waals surface area contributed by atoms with Crippen LogP contribution in [0.3, 0.4) is 0 Å². The van der Waals surface area contributed by atoms with E-state index in [2.05, 4.69) is 16.0 Å². The molecule has 0 N–H and O–H groups in total. The molecule has 0 spiro atoms.